The zero-order valence-electron chi connectivity index (χ0n) is 13.3. The van der Waals surface area contributed by atoms with Gasteiger partial charge in [-0.25, -0.2) is 8.42 Å². The van der Waals surface area contributed by atoms with E-state index in [-0.39, 0.29) is 17.3 Å². The molecule has 0 amide bonds. The van der Waals surface area contributed by atoms with Crippen molar-refractivity contribution in [2.24, 2.45) is 0 Å². The predicted molar refractivity (Wildman–Crippen MR) is 81.2 cm³/mol. The highest BCUT2D eigenvalue weighted by molar-refractivity contribution is 7.89. The summed E-state index contributed by atoms with van der Waals surface area (Å²) in [5.74, 6) is -2.16. The third-order valence-corrected chi connectivity index (χ3v) is 5.95. The van der Waals surface area contributed by atoms with E-state index < -0.39 is 28.0 Å². The lowest BCUT2D eigenvalue weighted by molar-refractivity contribution is -0.157. The topological polar surface area (TPSA) is 76.3 Å². The number of piperidine rings is 1. The van der Waals surface area contributed by atoms with Gasteiger partial charge in [0.25, 0.3) is 0 Å². The molecule has 1 unspecified atom stereocenters. The van der Waals surface area contributed by atoms with Crippen molar-refractivity contribution in [3.8, 4) is 0 Å². The number of nitrogens with zero attached hydrogens (tertiary/aromatic N) is 3. The van der Waals surface area contributed by atoms with Gasteiger partial charge in [-0.3, -0.25) is 0 Å². The van der Waals surface area contributed by atoms with Gasteiger partial charge >= 0.3 is 12.1 Å². The highest BCUT2D eigenvalue weighted by Crippen LogP contribution is 2.33. The van der Waals surface area contributed by atoms with Crippen LogP contribution in [-0.2, 0) is 16.2 Å². The first-order valence-corrected chi connectivity index (χ1v) is 9.09. The Morgan fingerprint density at radius 2 is 1.88 bits per heavy atom. The van der Waals surface area contributed by atoms with Crippen molar-refractivity contribution in [3.63, 3.8) is 0 Å². The second-order valence-electron chi connectivity index (χ2n) is 5.96. The summed E-state index contributed by atoms with van der Waals surface area (Å²) < 4.78 is 69.1. The summed E-state index contributed by atoms with van der Waals surface area (Å²) in [7, 11) is -3.72. The van der Waals surface area contributed by atoms with Crippen molar-refractivity contribution in [3.05, 3.63) is 41.6 Å². The van der Waals surface area contributed by atoms with Crippen LogP contribution in [0.25, 0.3) is 0 Å². The first-order valence-electron chi connectivity index (χ1n) is 7.65. The third-order valence-electron chi connectivity index (χ3n) is 4.08. The molecule has 0 saturated carbocycles. The molecule has 1 aliphatic heterocycles. The molecule has 0 aliphatic carbocycles. The summed E-state index contributed by atoms with van der Waals surface area (Å²) in [5, 5.41) is 6.46. The van der Waals surface area contributed by atoms with Crippen LogP contribution in [0.5, 0.6) is 0 Å². The molecule has 1 atom stereocenters. The van der Waals surface area contributed by atoms with Gasteiger partial charge in [-0.05, 0) is 31.9 Å². The standard InChI is InChI=1S/C15H16F3N3O3S/c1-10-4-6-12(7-5-10)25(22,23)21-8-2-3-11(9-21)13-19-20-14(24-13)15(16,17)18/h4-7,11H,2-3,8-9H2,1H3. The zero-order valence-corrected chi connectivity index (χ0v) is 14.1. The van der Waals surface area contributed by atoms with E-state index in [0.717, 1.165) is 5.56 Å². The summed E-state index contributed by atoms with van der Waals surface area (Å²) in [6, 6.07) is 6.43. The number of aryl methyl sites for hydroxylation is 1. The van der Waals surface area contributed by atoms with E-state index >= 15 is 0 Å². The second kappa shape index (κ2) is 6.41. The second-order valence-corrected chi connectivity index (χ2v) is 7.90. The minimum atomic E-state index is -4.71. The molecule has 10 heteroatoms. The molecule has 136 valence electrons. The summed E-state index contributed by atoms with van der Waals surface area (Å²) in [6.45, 7) is 2.16. The molecule has 6 nitrogen and oxygen atoms in total. The van der Waals surface area contributed by atoms with E-state index in [1.165, 1.54) is 16.4 Å². The fourth-order valence-corrected chi connectivity index (χ4v) is 4.26. The number of rotatable bonds is 3. The van der Waals surface area contributed by atoms with Gasteiger partial charge in [-0.2, -0.15) is 17.5 Å². The fraction of sp³-hybridized carbons (Fsp3) is 0.467. The number of aromatic nitrogens is 2. The Labute approximate surface area is 142 Å². The minimum Gasteiger partial charge on any atom is -0.417 e. The van der Waals surface area contributed by atoms with E-state index in [2.05, 4.69) is 10.2 Å². The van der Waals surface area contributed by atoms with Crippen LogP contribution < -0.4 is 0 Å². The maximum atomic E-state index is 12.7. The molecule has 3 rings (SSSR count). The van der Waals surface area contributed by atoms with Crippen LogP contribution >= 0.6 is 0 Å². The molecule has 1 saturated heterocycles. The largest absolute Gasteiger partial charge is 0.470 e. The van der Waals surface area contributed by atoms with Crippen molar-refractivity contribution in [2.75, 3.05) is 13.1 Å². The summed E-state index contributed by atoms with van der Waals surface area (Å²) in [5.41, 5.74) is 0.931. The van der Waals surface area contributed by atoms with E-state index in [9.17, 15) is 21.6 Å². The number of hydrogen-bond acceptors (Lipinski definition) is 5. The molecule has 25 heavy (non-hydrogen) atoms. The summed E-state index contributed by atoms with van der Waals surface area (Å²) in [6.07, 6.45) is -3.73. The van der Waals surface area contributed by atoms with Gasteiger partial charge in [-0.15, -0.1) is 10.2 Å². The molecule has 1 aromatic heterocycles. The van der Waals surface area contributed by atoms with Crippen LogP contribution in [0.1, 0.15) is 36.1 Å². The van der Waals surface area contributed by atoms with Gasteiger partial charge in [-0.1, -0.05) is 17.7 Å². The van der Waals surface area contributed by atoms with Crippen molar-refractivity contribution < 1.29 is 26.0 Å². The normalized spacial score (nSPS) is 19.9. The Balaban J connectivity index is 1.81. The maximum absolute atomic E-state index is 12.7. The Morgan fingerprint density at radius 3 is 2.48 bits per heavy atom. The lowest BCUT2D eigenvalue weighted by Gasteiger charge is -2.30. The van der Waals surface area contributed by atoms with Crippen molar-refractivity contribution in [2.45, 2.75) is 36.8 Å². The zero-order chi connectivity index (χ0) is 18.2. The van der Waals surface area contributed by atoms with E-state index in [0.29, 0.717) is 19.4 Å². The van der Waals surface area contributed by atoms with Crippen molar-refractivity contribution >= 4 is 10.0 Å². The summed E-state index contributed by atoms with van der Waals surface area (Å²) in [4.78, 5) is 0.153. The van der Waals surface area contributed by atoms with Crippen LogP contribution in [0.15, 0.2) is 33.6 Å². The number of benzene rings is 1. The molecular weight excluding hydrogens is 359 g/mol. The highest BCUT2D eigenvalue weighted by atomic mass is 32.2. The lowest BCUT2D eigenvalue weighted by Crippen LogP contribution is -2.39. The molecule has 0 bridgehead atoms. The van der Waals surface area contributed by atoms with Crippen molar-refractivity contribution in [1.82, 2.24) is 14.5 Å². The number of alkyl halides is 3. The van der Waals surface area contributed by atoms with Gasteiger partial charge in [0, 0.05) is 13.1 Å². The van der Waals surface area contributed by atoms with Crippen LogP contribution in [0.2, 0.25) is 0 Å². The Kier molecular flexibility index (Phi) is 4.58. The number of hydrogen-bond donors (Lipinski definition) is 0. The first kappa shape index (κ1) is 17.9. The van der Waals surface area contributed by atoms with Gasteiger partial charge in [0.15, 0.2) is 0 Å². The number of sulfonamides is 1. The molecule has 0 N–H and O–H groups in total. The molecule has 2 heterocycles. The van der Waals surface area contributed by atoms with Gasteiger partial charge in [0.2, 0.25) is 15.9 Å². The van der Waals surface area contributed by atoms with Crippen LogP contribution in [0.3, 0.4) is 0 Å². The molecule has 1 aromatic carbocycles. The maximum Gasteiger partial charge on any atom is 0.470 e. The molecule has 1 aliphatic rings. The summed E-state index contributed by atoms with van der Waals surface area (Å²) >= 11 is 0. The predicted octanol–water partition coefficient (Wildman–Crippen LogP) is 2.97. The average Bonchev–Trinajstić information content (AvgIpc) is 3.06. The van der Waals surface area contributed by atoms with E-state index in [1.807, 2.05) is 6.92 Å². The Morgan fingerprint density at radius 1 is 1.20 bits per heavy atom. The highest BCUT2D eigenvalue weighted by Gasteiger charge is 2.40. The third kappa shape index (κ3) is 3.69. The van der Waals surface area contributed by atoms with Gasteiger partial charge < -0.3 is 4.42 Å². The smallest absolute Gasteiger partial charge is 0.417 e. The van der Waals surface area contributed by atoms with Gasteiger partial charge in [0.05, 0.1) is 10.8 Å². The Hall–Kier alpha value is -1.94. The Bertz CT molecular complexity index is 847. The molecule has 0 spiro atoms. The van der Waals surface area contributed by atoms with Crippen LogP contribution in [-0.4, -0.2) is 36.0 Å². The molecule has 1 fully saturated rings. The monoisotopic (exact) mass is 375 g/mol. The lowest BCUT2D eigenvalue weighted by atomic mass is 10.00. The SMILES string of the molecule is Cc1ccc(S(=O)(=O)N2CCCC(c3nnc(C(F)(F)F)o3)C2)cc1. The van der Waals surface area contributed by atoms with E-state index in [4.69, 9.17) is 4.42 Å². The minimum absolute atomic E-state index is 0.00962. The number of halogens is 3. The van der Waals surface area contributed by atoms with Crippen molar-refractivity contribution in [1.29, 1.82) is 0 Å². The fourth-order valence-electron chi connectivity index (χ4n) is 2.74. The van der Waals surface area contributed by atoms with Crippen LogP contribution in [0, 0.1) is 6.92 Å². The molecular formula is C15H16F3N3O3S. The van der Waals surface area contributed by atoms with E-state index in [1.54, 1.807) is 12.1 Å². The quantitative estimate of drug-likeness (QED) is 0.824. The average molecular weight is 375 g/mol. The van der Waals surface area contributed by atoms with Crippen LogP contribution in [0.4, 0.5) is 13.2 Å². The van der Waals surface area contributed by atoms with Gasteiger partial charge in [0.1, 0.15) is 0 Å². The first-order chi connectivity index (χ1) is 11.7. The molecule has 2 aromatic rings. The molecule has 0 radical (unpaired) electrons.